The van der Waals surface area contributed by atoms with Gasteiger partial charge >= 0.3 is 0 Å². The van der Waals surface area contributed by atoms with Crippen LogP contribution in [0.15, 0.2) is 12.3 Å². The predicted molar refractivity (Wildman–Crippen MR) is 72.7 cm³/mol. The van der Waals surface area contributed by atoms with Crippen LogP contribution in [0.2, 0.25) is 5.02 Å². The van der Waals surface area contributed by atoms with Crippen LogP contribution in [0.5, 0.6) is 0 Å². The number of nitriles is 1. The van der Waals surface area contributed by atoms with Gasteiger partial charge in [0.1, 0.15) is 16.9 Å². The average molecular weight is 268 g/mol. The van der Waals surface area contributed by atoms with Crippen LogP contribution in [-0.4, -0.2) is 24.7 Å². The average Bonchev–Trinajstić information content (AvgIpc) is 2.35. The molecule has 0 bridgehead atoms. The highest BCUT2D eigenvalue weighted by Gasteiger charge is 2.06. The molecule has 98 valence electrons. The van der Waals surface area contributed by atoms with Crippen LogP contribution in [0.1, 0.15) is 25.8 Å². The summed E-state index contributed by atoms with van der Waals surface area (Å²) in [6, 6.07) is 3.61. The molecule has 0 aliphatic heterocycles. The lowest BCUT2D eigenvalue weighted by molar-refractivity contribution is 0.132. The molecule has 0 aliphatic rings. The number of nitrogens with one attached hydrogen (secondary N) is 1. The quantitative estimate of drug-likeness (QED) is 0.772. The van der Waals surface area contributed by atoms with E-state index in [0.29, 0.717) is 35.5 Å². The summed E-state index contributed by atoms with van der Waals surface area (Å²) in [4.78, 5) is 4.08. The molecule has 4 nitrogen and oxygen atoms in total. The molecule has 5 heteroatoms. The molecule has 1 N–H and O–H groups in total. The van der Waals surface area contributed by atoms with Crippen LogP contribution in [-0.2, 0) is 4.74 Å². The van der Waals surface area contributed by atoms with Gasteiger partial charge in [-0.25, -0.2) is 4.98 Å². The Kier molecular flexibility index (Phi) is 6.48. The fourth-order valence-electron chi connectivity index (χ4n) is 1.32. The number of nitrogens with zero attached hydrogens (tertiary/aromatic N) is 2. The molecule has 0 spiro atoms. The first-order valence-corrected chi connectivity index (χ1v) is 6.39. The van der Waals surface area contributed by atoms with Gasteiger partial charge in [0.25, 0.3) is 0 Å². The van der Waals surface area contributed by atoms with E-state index in [1.807, 2.05) is 6.07 Å². The van der Waals surface area contributed by atoms with Gasteiger partial charge in [-0.3, -0.25) is 0 Å². The standard InChI is InChI=1S/C13H18ClN3O/c1-10(2)4-7-18-8-6-17-13-12(14)11(9-15)3-5-16-13/h3,5,10H,4,6-8H2,1-2H3,(H,16,17). The van der Waals surface area contributed by atoms with Crippen LogP contribution >= 0.6 is 11.6 Å². The molecule has 0 saturated heterocycles. The van der Waals surface area contributed by atoms with Crippen molar-refractivity contribution in [1.29, 1.82) is 5.26 Å². The molecular weight excluding hydrogens is 250 g/mol. The SMILES string of the molecule is CC(C)CCOCCNc1nccc(C#N)c1Cl. The minimum atomic E-state index is 0.363. The minimum absolute atomic E-state index is 0.363. The van der Waals surface area contributed by atoms with Gasteiger partial charge in [-0.2, -0.15) is 5.26 Å². The van der Waals surface area contributed by atoms with Crippen LogP contribution in [0.25, 0.3) is 0 Å². The molecule has 1 aromatic heterocycles. The van der Waals surface area contributed by atoms with Crippen molar-refractivity contribution in [3.05, 3.63) is 22.8 Å². The number of halogens is 1. The van der Waals surface area contributed by atoms with Crippen molar-refractivity contribution in [2.75, 3.05) is 25.1 Å². The van der Waals surface area contributed by atoms with Gasteiger partial charge in [0, 0.05) is 19.3 Å². The number of ether oxygens (including phenoxy) is 1. The number of hydrogen-bond acceptors (Lipinski definition) is 4. The maximum absolute atomic E-state index is 8.82. The van der Waals surface area contributed by atoms with Gasteiger partial charge in [-0.15, -0.1) is 0 Å². The maximum Gasteiger partial charge on any atom is 0.146 e. The summed E-state index contributed by atoms with van der Waals surface area (Å²) in [6.45, 7) is 6.32. The molecular formula is C13H18ClN3O. The highest BCUT2D eigenvalue weighted by Crippen LogP contribution is 2.22. The summed E-state index contributed by atoms with van der Waals surface area (Å²) in [6.07, 6.45) is 2.62. The Morgan fingerprint density at radius 3 is 2.94 bits per heavy atom. The summed E-state index contributed by atoms with van der Waals surface area (Å²) in [5.41, 5.74) is 0.426. The zero-order valence-electron chi connectivity index (χ0n) is 10.7. The van der Waals surface area contributed by atoms with E-state index in [-0.39, 0.29) is 0 Å². The third-order valence-corrected chi connectivity index (χ3v) is 2.77. The Morgan fingerprint density at radius 1 is 1.50 bits per heavy atom. The Morgan fingerprint density at radius 2 is 2.28 bits per heavy atom. The zero-order valence-corrected chi connectivity index (χ0v) is 11.5. The van der Waals surface area contributed by atoms with E-state index in [4.69, 9.17) is 21.6 Å². The topological polar surface area (TPSA) is 57.9 Å². The number of aromatic nitrogens is 1. The van der Waals surface area contributed by atoms with Gasteiger partial charge in [0.15, 0.2) is 0 Å². The third kappa shape index (κ3) is 4.91. The summed E-state index contributed by atoms with van der Waals surface area (Å²) in [5, 5.41) is 12.2. The van der Waals surface area contributed by atoms with Crippen molar-refractivity contribution < 1.29 is 4.74 Å². The Bertz CT molecular complexity index is 415. The molecule has 0 fully saturated rings. The van der Waals surface area contributed by atoms with Gasteiger partial charge < -0.3 is 10.1 Å². The molecule has 1 aromatic rings. The van der Waals surface area contributed by atoms with Crippen LogP contribution in [0.3, 0.4) is 0 Å². The highest BCUT2D eigenvalue weighted by molar-refractivity contribution is 6.34. The van der Waals surface area contributed by atoms with Crippen molar-refractivity contribution in [2.45, 2.75) is 20.3 Å². The lowest BCUT2D eigenvalue weighted by Gasteiger charge is -2.09. The molecule has 0 saturated carbocycles. The largest absolute Gasteiger partial charge is 0.380 e. The maximum atomic E-state index is 8.82. The second kappa shape index (κ2) is 7.91. The van der Waals surface area contributed by atoms with Crippen molar-refractivity contribution in [3.8, 4) is 6.07 Å². The molecule has 1 heterocycles. The second-order valence-corrected chi connectivity index (χ2v) is 4.73. The zero-order chi connectivity index (χ0) is 13.4. The van der Waals surface area contributed by atoms with Gasteiger partial charge in [-0.05, 0) is 18.4 Å². The number of anilines is 1. The summed E-state index contributed by atoms with van der Waals surface area (Å²) < 4.78 is 5.46. The van der Waals surface area contributed by atoms with Gasteiger partial charge in [0.05, 0.1) is 12.2 Å². The van der Waals surface area contributed by atoms with E-state index >= 15 is 0 Å². The van der Waals surface area contributed by atoms with Crippen molar-refractivity contribution >= 4 is 17.4 Å². The molecule has 0 atom stereocenters. The molecule has 0 aliphatic carbocycles. The molecule has 0 amide bonds. The number of hydrogen-bond donors (Lipinski definition) is 1. The van der Waals surface area contributed by atoms with E-state index in [1.165, 1.54) is 0 Å². The monoisotopic (exact) mass is 267 g/mol. The summed E-state index contributed by atoms with van der Waals surface area (Å²) in [5.74, 6) is 1.18. The van der Waals surface area contributed by atoms with E-state index in [2.05, 4.69) is 24.1 Å². The first-order valence-electron chi connectivity index (χ1n) is 6.01. The third-order valence-electron chi connectivity index (χ3n) is 2.39. The van der Waals surface area contributed by atoms with Crippen molar-refractivity contribution in [2.24, 2.45) is 5.92 Å². The van der Waals surface area contributed by atoms with Crippen LogP contribution in [0.4, 0.5) is 5.82 Å². The first-order chi connectivity index (χ1) is 8.65. The molecule has 1 rings (SSSR count). The van der Waals surface area contributed by atoms with E-state index in [0.717, 1.165) is 13.0 Å². The summed E-state index contributed by atoms with van der Waals surface area (Å²) in [7, 11) is 0. The molecule has 0 unspecified atom stereocenters. The highest BCUT2D eigenvalue weighted by atomic mass is 35.5. The Labute approximate surface area is 113 Å². The van der Waals surface area contributed by atoms with E-state index in [1.54, 1.807) is 12.3 Å². The lowest BCUT2D eigenvalue weighted by Crippen LogP contribution is -2.12. The second-order valence-electron chi connectivity index (χ2n) is 4.35. The fraction of sp³-hybridized carbons (Fsp3) is 0.538. The van der Waals surface area contributed by atoms with Crippen LogP contribution < -0.4 is 5.32 Å². The van der Waals surface area contributed by atoms with Gasteiger partial charge in [0.2, 0.25) is 0 Å². The van der Waals surface area contributed by atoms with E-state index in [9.17, 15) is 0 Å². The van der Waals surface area contributed by atoms with E-state index < -0.39 is 0 Å². The summed E-state index contributed by atoms with van der Waals surface area (Å²) >= 11 is 6.00. The van der Waals surface area contributed by atoms with Gasteiger partial charge in [-0.1, -0.05) is 25.4 Å². The van der Waals surface area contributed by atoms with Crippen molar-refractivity contribution in [1.82, 2.24) is 4.98 Å². The van der Waals surface area contributed by atoms with Crippen molar-refractivity contribution in [3.63, 3.8) is 0 Å². The predicted octanol–water partition coefficient (Wildman–Crippen LogP) is 3.08. The Hall–Kier alpha value is -1.31. The lowest BCUT2D eigenvalue weighted by atomic mass is 10.1. The number of pyridine rings is 1. The Balaban J connectivity index is 2.30. The normalized spacial score (nSPS) is 10.4. The molecule has 0 radical (unpaired) electrons. The molecule has 0 aromatic carbocycles. The molecule has 18 heavy (non-hydrogen) atoms. The fourth-order valence-corrected chi connectivity index (χ4v) is 1.54. The van der Waals surface area contributed by atoms with Crippen LogP contribution in [0, 0.1) is 17.2 Å². The number of rotatable bonds is 7. The first kappa shape index (κ1) is 14.7. The minimum Gasteiger partial charge on any atom is -0.380 e. The smallest absolute Gasteiger partial charge is 0.146 e.